The lowest BCUT2D eigenvalue weighted by Gasteiger charge is -2.25. The quantitative estimate of drug-likeness (QED) is 0.190. The largest absolute Gasteiger partial charge is 0.456 e. The third-order valence-corrected chi connectivity index (χ3v) is 9.46. The molecule has 4 aromatic heterocycles. The van der Waals surface area contributed by atoms with Crippen LogP contribution < -0.4 is 4.90 Å². The van der Waals surface area contributed by atoms with Crippen molar-refractivity contribution in [3.63, 3.8) is 0 Å². The number of furan rings is 1. The number of hydrogen-bond donors (Lipinski definition) is 0. The first kappa shape index (κ1) is 27.4. The van der Waals surface area contributed by atoms with Crippen LogP contribution >= 0.6 is 0 Å². The van der Waals surface area contributed by atoms with E-state index < -0.39 is 0 Å². The highest BCUT2D eigenvalue weighted by atomic mass is 16.3. The van der Waals surface area contributed by atoms with Crippen molar-refractivity contribution >= 4 is 71.8 Å². The highest BCUT2D eigenvalue weighted by molar-refractivity contribution is 6.11. The van der Waals surface area contributed by atoms with Crippen molar-refractivity contribution in [3.05, 3.63) is 170 Å². The molecule has 0 saturated carbocycles. The lowest BCUT2D eigenvalue weighted by Crippen LogP contribution is -2.09. The number of aromatic nitrogens is 3. The van der Waals surface area contributed by atoms with Crippen LogP contribution in [0.25, 0.3) is 71.6 Å². The molecule has 230 valence electrons. The Kier molecular flexibility index (Phi) is 6.11. The van der Waals surface area contributed by atoms with E-state index in [0.717, 1.165) is 72.3 Å². The minimum Gasteiger partial charge on any atom is -0.456 e. The van der Waals surface area contributed by atoms with Crippen molar-refractivity contribution in [1.29, 1.82) is 0 Å². The zero-order valence-corrected chi connectivity index (χ0v) is 26.4. The Bertz CT molecular complexity index is 2830. The fourth-order valence-corrected chi connectivity index (χ4v) is 7.19. The van der Waals surface area contributed by atoms with Crippen molar-refractivity contribution in [2.24, 2.45) is 0 Å². The lowest BCUT2D eigenvalue weighted by atomic mass is 10.0. The van der Waals surface area contributed by atoms with Gasteiger partial charge in [-0.15, -0.1) is 0 Å². The monoisotopic (exact) mass is 628 g/mol. The molecule has 10 aromatic rings. The minimum absolute atomic E-state index is 0.749. The van der Waals surface area contributed by atoms with Crippen molar-refractivity contribution in [3.8, 4) is 16.8 Å². The van der Waals surface area contributed by atoms with E-state index in [-0.39, 0.29) is 0 Å². The van der Waals surface area contributed by atoms with Gasteiger partial charge in [-0.1, -0.05) is 72.8 Å². The maximum absolute atomic E-state index is 6.14. The third kappa shape index (κ3) is 4.48. The first-order valence-corrected chi connectivity index (χ1v) is 16.4. The van der Waals surface area contributed by atoms with E-state index >= 15 is 0 Å². The molecule has 5 heteroatoms. The van der Waals surface area contributed by atoms with Gasteiger partial charge in [0.05, 0.1) is 22.9 Å². The predicted octanol–water partition coefficient (Wildman–Crippen LogP) is 11.8. The summed E-state index contributed by atoms with van der Waals surface area (Å²) in [4.78, 5) is 11.4. The third-order valence-electron chi connectivity index (χ3n) is 9.46. The normalized spacial score (nSPS) is 11.7. The molecular weight excluding hydrogens is 601 g/mol. The lowest BCUT2D eigenvalue weighted by molar-refractivity contribution is 0.669. The second-order valence-corrected chi connectivity index (χ2v) is 12.3. The topological polar surface area (TPSA) is 47.1 Å². The molecule has 0 spiro atoms. The van der Waals surface area contributed by atoms with Crippen LogP contribution in [0.2, 0.25) is 0 Å². The van der Waals surface area contributed by atoms with Gasteiger partial charge in [0.1, 0.15) is 11.2 Å². The summed E-state index contributed by atoms with van der Waals surface area (Å²) < 4.78 is 8.44. The fourth-order valence-electron chi connectivity index (χ4n) is 7.19. The summed E-state index contributed by atoms with van der Waals surface area (Å²) in [7, 11) is 0. The molecule has 0 saturated heterocycles. The first-order chi connectivity index (χ1) is 24.3. The maximum Gasteiger partial charge on any atom is 0.159 e. The van der Waals surface area contributed by atoms with E-state index in [1.54, 1.807) is 6.20 Å². The number of rotatable bonds is 5. The zero-order chi connectivity index (χ0) is 32.3. The molecule has 0 radical (unpaired) electrons. The van der Waals surface area contributed by atoms with Crippen LogP contribution in [0, 0.1) is 0 Å². The molecule has 0 N–H and O–H groups in total. The van der Waals surface area contributed by atoms with Gasteiger partial charge in [-0.25, -0.2) is 9.97 Å². The maximum atomic E-state index is 6.14. The molecule has 0 unspecified atom stereocenters. The van der Waals surface area contributed by atoms with Crippen LogP contribution in [0.3, 0.4) is 0 Å². The van der Waals surface area contributed by atoms with E-state index in [2.05, 4.69) is 159 Å². The number of anilines is 3. The average molecular weight is 629 g/mol. The molecule has 0 aliphatic carbocycles. The van der Waals surface area contributed by atoms with Crippen LogP contribution in [-0.2, 0) is 0 Å². The van der Waals surface area contributed by atoms with Gasteiger partial charge in [0.25, 0.3) is 0 Å². The van der Waals surface area contributed by atoms with E-state index in [4.69, 9.17) is 4.42 Å². The molecule has 0 atom stereocenters. The summed E-state index contributed by atoms with van der Waals surface area (Å²) in [6, 6.07) is 55.6. The molecule has 5 nitrogen and oxygen atoms in total. The van der Waals surface area contributed by atoms with Gasteiger partial charge in [0, 0.05) is 50.2 Å². The van der Waals surface area contributed by atoms with Gasteiger partial charge >= 0.3 is 0 Å². The number of pyridine rings is 2. The zero-order valence-electron chi connectivity index (χ0n) is 26.4. The summed E-state index contributed by atoms with van der Waals surface area (Å²) in [6.45, 7) is 0. The molecule has 49 heavy (non-hydrogen) atoms. The molecule has 0 bridgehead atoms. The van der Waals surface area contributed by atoms with Crippen LogP contribution in [-0.4, -0.2) is 14.5 Å². The van der Waals surface area contributed by atoms with Crippen LogP contribution in [0.15, 0.2) is 175 Å². The molecular formula is C44H28N4O. The number of para-hydroxylation sites is 3. The Labute approximate surface area is 281 Å². The summed E-state index contributed by atoms with van der Waals surface area (Å²) >= 11 is 0. The first-order valence-electron chi connectivity index (χ1n) is 16.4. The summed E-state index contributed by atoms with van der Waals surface area (Å²) in [5, 5.41) is 5.66. The Morgan fingerprint density at radius 2 is 1.18 bits per heavy atom. The van der Waals surface area contributed by atoms with Gasteiger partial charge in [-0.05, 0) is 96.1 Å². The van der Waals surface area contributed by atoms with E-state index in [0.29, 0.717) is 0 Å². The summed E-state index contributed by atoms with van der Waals surface area (Å²) in [5.41, 5.74) is 11.4. The number of hydrogen-bond acceptors (Lipinski definition) is 4. The van der Waals surface area contributed by atoms with Gasteiger partial charge in [-0.3, -0.25) is 0 Å². The van der Waals surface area contributed by atoms with Crippen molar-refractivity contribution in [1.82, 2.24) is 14.5 Å². The van der Waals surface area contributed by atoms with Crippen LogP contribution in [0.5, 0.6) is 0 Å². The second kappa shape index (κ2) is 10.9. The van der Waals surface area contributed by atoms with Crippen molar-refractivity contribution in [2.45, 2.75) is 0 Å². The number of benzene rings is 6. The summed E-state index contributed by atoms with van der Waals surface area (Å²) in [5.74, 6) is 0. The molecule has 0 amide bonds. The highest BCUT2D eigenvalue weighted by Gasteiger charge is 2.17. The molecule has 0 aliphatic rings. The molecule has 0 fully saturated rings. The Hall–Kier alpha value is -6.72. The Balaban J connectivity index is 1.07. The van der Waals surface area contributed by atoms with Crippen molar-refractivity contribution in [2.75, 3.05) is 4.90 Å². The fraction of sp³-hybridized carbons (Fsp3) is 0. The molecule has 4 heterocycles. The average Bonchev–Trinajstić information content (AvgIpc) is 3.71. The van der Waals surface area contributed by atoms with Gasteiger partial charge in [0.15, 0.2) is 5.65 Å². The highest BCUT2D eigenvalue weighted by Crippen LogP contribution is 2.40. The van der Waals surface area contributed by atoms with Gasteiger partial charge < -0.3 is 13.9 Å². The predicted molar refractivity (Wildman–Crippen MR) is 201 cm³/mol. The van der Waals surface area contributed by atoms with Crippen LogP contribution in [0.1, 0.15) is 0 Å². The molecule has 0 aliphatic heterocycles. The minimum atomic E-state index is 0.749. The van der Waals surface area contributed by atoms with E-state index in [9.17, 15) is 0 Å². The smallest absolute Gasteiger partial charge is 0.159 e. The Morgan fingerprint density at radius 3 is 2.08 bits per heavy atom. The number of fused-ring (bicyclic) bond motifs is 7. The number of nitrogens with zero attached hydrogens (tertiary/aromatic N) is 4. The van der Waals surface area contributed by atoms with Gasteiger partial charge in [-0.2, -0.15) is 0 Å². The van der Waals surface area contributed by atoms with E-state index in [1.807, 2.05) is 24.4 Å². The SMILES string of the molecule is c1ccc(N(c2ccc(-c3ccc4c(c3)c3ccccc3n4-c3cnc4ncccc4c3)cc2)c2ccc3oc4ccccc4c3c2)cc1. The van der Waals surface area contributed by atoms with Crippen LogP contribution in [0.4, 0.5) is 17.1 Å². The molecule has 6 aromatic carbocycles. The van der Waals surface area contributed by atoms with Gasteiger partial charge in [0.2, 0.25) is 0 Å². The Morgan fingerprint density at radius 1 is 0.469 bits per heavy atom. The van der Waals surface area contributed by atoms with E-state index in [1.165, 1.54) is 16.3 Å². The second-order valence-electron chi connectivity index (χ2n) is 12.3. The molecule has 10 rings (SSSR count). The standard InChI is InChI=1S/C44H28N4O/c1-2-10-32(11-3-1)47(34-21-23-43-39(27-34)37-13-5-7-15-42(37)49-43)33-19-16-29(17-20-33)30-18-22-41-38(26-30)36-12-4-6-14-40(36)48(41)35-25-31-9-8-24-45-44(31)46-28-35/h1-28H. The van der Waals surface area contributed by atoms with Crippen molar-refractivity contribution < 1.29 is 4.42 Å². The summed E-state index contributed by atoms with van der Waals surface area (Å²) in [6.07, 6.45) is 3.70.